The van der Waals surface area contributed by atoms with Gasteiger partial charge in [-0.15, -0.1) is 11.3 Å². The highest BCUT2D eigenvalue weighted by Crippen LogP contribution is 2.37. The molecule has 5 heteroatoms. The van der Waals surface area contributed by atoms with Gasteiger partial charge in [-0.25, -0.2) is 0 Å². The molecule has 2 fully saturated rings. The van der Waals surface area contributed by atoms with Crippen LogP contribution < -0.4 is 4.74 Å². The Kier molecular flexibility index (Phi) is 3.86. The van der Waals surface area contributed by atoms with Gasteiger partial charge in [0, 0.05) is 37.1 Å². The first-order valence-electron chi connectivity index (χ1n) is 7.77. The van der Waals surface area contributed by atoms with Crippen LogP contribution in [0.25, 0.3) is 0 Å². The van der Waals surface area contributed by atoms with E-state index >= 15 is 0 Å². The van der Waals surface area contributed by atoms with Gasteiger partial charge in [0.15, 0.2) is 0 Å². The van der Waals surface area contributed by atoms with Gasteiger partial charge < -0.3 is 9.47 Å². The van der Waals surface area contributed by atoms with Crippen molar-refractivity contribution in [2.75, 3.05) is 19.7 Å². The molecule has 0 radical (unpaired) electrons. The average Bonchev–Trinajstić information content (AvgIpc) is 3.25. The predicted molar refractivity (Wildman–Crippen MR) is 86.2 cm³/mol. The zero-order valence-electron chi connectivity index (χ0n) is 12.5. The van der Waals surface area contributed by atoms with Crippen LogP contribution in [0.2, 0.25) is 0 Å². The lowest BCUT2D eigenvalue weighted by atomic mass is 9.98. The fraction of sp³-hybridized carbons (Fsp3) is 0.471. The van der Waals surface area contributed by atoms with Gasteiger partial charge in [-0.2, -0.15) is 0 Å². The average molecular weight is 316 g/mol. The third-order valence-electron chi connectivity index (χ3n) is 4.47. The lowest BCUT2D eigenvalue weighted by Crippen LogP contribution is -2.33. The molecule has 0 N–H and O–H groups in total. The number of aromatic nitrogens is 1. The standard InChI is InChI=1S/C17H20N2O2S/c1-3-14(10-18-6-1)21-15-9-17(20-12-15)5-7-19(13-17)11-16-4-2-8-22-16/h1-4,6,8,10,15H,5,7,9,11-13H2. The molecule has 0 saturated carbocycles. The molecule has 2 unspecified atom stereocenters. The predicted octanol–water partition coefficient (Wildman–Crippen LogP) is 2.96. The lowest BCUT2D eigenvalue weighted by Gasteiger charge is -2.23. The van der Waals surface area contributed by atoms with E-state index in [-0.39, 0.29) is 11.7 Å². The van der Waals surface area contributed by atoms with Crippen molar-refractivity contribution < 1.29 is 9.47 Å². The molecular formula is C17H20N2O2S. The highest BCUT2D eigenvalue weighted by molar-refractivity contribution is 7.09. The van der Waals surface area contributed by atoms with Gasteiger partial charge in [0.1, 0.15) is 11.9 Å². The zero-order valence-corrected chi connectivity index (χ0v) is 13.3. The third kappa shape index (κ3) is 3.02. The molecule has 2 atom stereocenters. The van der Waals surface area contributed by atoms with Crippen LogP contribution in [0, 0.1) is 0 Å². The van der Waals surface area contributed by atoms with Gasteiger partial charge in [-0.3, -0.25) is 9.88 Å². The van der Waals surface area contributed by atoms with E-state index in [2.05, 4.69) is 27.4 Å². The lowest BCUT2D eigenvalue weighted by molar-refractivity contribution is 0.00940. The Morgan fingerprint density at radius 2 is 2.41 bits per heavy atom. The molecular weight excluding hydrogens is 296 g/mol. The Morgan fingerprint density at radius 3 is 3.23 bits per heavy atom. The van der Waals surface area contributed by atoms with E-state index in [1.165, 1.54) is 4.88 Å². The highest BCUT2D eigenvalue weighted by Gasteiger charge is 2.46. The van der Waals surface area contributed by atoms with E-state index in [1.807, 2.05) is 23.5 Å². The first kappa shape index (κ1) is 14.2. The van der Waals surface area contributed by atoms with Gasteiger partial charge >= 0.3 is 0 Å². The fourth-order valence-corrected chi connectivity index (χ4v) is 4.20. The molecule has 22 heavy (non-hydrogen) atoms. The molecule has 1 spiro atoms. The smallest absolute Gasteiger partial charge is 0.138 e. The molecule has 2 saturated heterocycles. The summed E-state index contributed by atoms with van der Waals surface area (Å²) in [4.78, 5) is 8.02. The number of thiophene rings is 1. The van der Waals surface area contributed by atoms with Gasteiger partial charge in [-0.05, 0) is 30.0 Å². The normalized spacial score (nSPS) is 28.5. The van der Waals surface area contributed by atoms with Crippen LogP contribution in [0.4, 0.5) is 0 Å². The minimum atomic E-state index is -0.00979. The first-order chi connectivity index (χ1) is 10.8. The van der Waals surface area contributed by atoms with Crippen LogP contribution in [0.1, 0.15) is 17.7 Å². The summed E-state index contributed by atoms with van der Waals surface area (Å²) >= 11 is 1.83. The van der Waals surface area contributed by atoms with Crippen molar-refractivity contribution in [3.63, 3.8) is 0 Å². The second-order valence-electron chi connectivity index (χ2n) is 6.17. The van der Waals surface area contributed by atoms with Crippen molar-refractivity contribution in [3.8, 4) is 5.75 Å². The monoisotopic (exact) mass is 316 g/mol. The molecule has 0 amide bonds. The molecule has 2 aromatic rings. The summed E-state index contributed by atoms with van der Waals surface area (Å²) in [5.41, 5.74) is -0.00979. The van der Waals surface area contributed by atoms with E-state index in [1.54, 1.807) is 12.4 Å². The quantitative estimate of drug-likeness (QED) is 0.868. The van der Waals surface area contributed by atoms with E-state index < -0.39 is 0 Å². The van der Waals surface area contributed by atoms with E-state index in [0.29, 0.717) is 6.61 Å². The molecule has 4 heterocycles. The summed E-state index contributed by atoms with van der Waals surface area (Å²) in [5, 5.41) is 2.14. The molecule has 2 aromatic heterocycles. The number of hydrogen-bond donors (Lipinski definition) is 0. The molecule has 116 valence electrons. The van der Waals surface area contributed by atoms with Crippen molar-refractivity contribution in [1.82, 2.24) is 9.88 Å². The number of rotatable bonds is 4. The van der Waals surface area contributed by atoms with E-state index in [9.17, 15) is 0 Å². The van der Waals surface area contributed by atoms with Crippen molar-refractivity contribution in [2.45, 2.75) is 31.1 Å². The molecule has 2 aliphatic rings. The van der Waals surface area contributed by atoms with Gasteiger partial charge in [-0.1, -0.05) is 6.07 Å². The molecule has 0 aromatic carbocycles. The summed E-state index contributed by atoms with van der Waals surface area (Å²) in [6, 6.07) is 8.18. The number of pyridine rings is 1. The van der Waals surface area contributed by atoms with Crippen molar-refractivity contribution in [2.24, 2.45) is 0 Å². The highest BCUT2D eigenvalue weighted by atomic mass is 32.1. The summed E-state index contributed by atoms with van der Waals surface area (Å²) in [7, 11) is 0. The number of nitrogens with zero attached hydrogens (tertiary/aromatic N) is 2. The van der Waals surface area contributed by atoms with Gasteiger partial charge in [0.25, 0.3) is 0 Å². The Hall–Kier alpha value is -1.43. The Bertz CT molecular complexity index is 604. The summed E-state index contributed by atoms with van der Waals surface area (Å²) in [5.74, 6) is 0.835. The van der Waals surface area contributed by atoms with E-state index in [0.717, 1.165) is 38.2 Å². The molecule has 4 nitrogen and oxygen atoms in total. The van der Waals surface area contributed by atoms with Crippen molar-refractivity contribution in [3.05, 3.63) is 46.9 Å². The maximum atomic E-state index is 6.15. The molecule has 0 aliphatic carbocycles. The zero-order chi connectivity index (χ0) is 14.8. The van der Waals surface area contributed by atoms with Crippen molar-refractivity contribution >= 4 is 11.3 Å². The van der Waals surface area contributed by atoms with Gasteiger partial charge in [0.05, 0.1) is 18.4 Å². The minimum absolute atomic E-state index is 0.00979. The second kappa shape index (κ2) is 5.99. The second-order valence-corrected chi connectivity index (χ2v) is 7.20. The first-order valence-corrected chi connectivity index (χ1v) is 8.65. The SMILES string of the molecule is c1cncc(OC2COC3(CCN(Cc4cccs4)C3)C2)c1. The van der Waals surface area contributed by atoms with Crippen LogP contribution in [-0.2, 0) is 11.3 Å². The van der Waals surface area contributed by atoms with Crippen LogP contribution in [0.5, 0.6) is 5.75 Å². The molecule has 2 aliphatic heterocycles. The third-order valence-corrected chi connectivity index (χ3v) is 5.33. The molecule has 0 bridgehead atoms. The summed E-state index contributed by atoms with van der Waals surface area (Å²) in [6.07, 6.45) is 5.75. The van der Waals surface area contributed by atoms with E-state index in [4.69, 9.17) is 9.47 Å². The topological polar surface area (TPSA) is 34.6 Å². The van der Waals surface area contributed by atoms with Crippen LogP contribution in [0.15, 0.2) is 42.0 Å². The Balaban J connectivity index is 1.34. The number of likely N-dealkylation sites (tertiary alicyclic amines) is 1. The maximum Gasteiger partial charge on any atom is 0.138 e. The summed E-state index contributed by atoms with van der Waals surface area (Å²) in [6.45, 7) is 3.84. The van der Waals surface area contributed by atoms with Gasteiger partial charge in [0.2, 0.25) is 0 Å². The Morgan fingerprint density at radius 1 is 1.41 bits per heavy atom. The van der Waals surface area contributed by atoms with Crippen LogP contribution in [-0.4, -0.2) is 41.3 Å². The largest absolute Gasteiger partial charge is 0.486 e. The molecule has 4 rings (SSSR count). The van der Waals surface area contributed by atoms with Crippen LogP contribution >= 0.6 is 11.3 Å². The number of ether oxygens (including phenoxy) is 2. The number of hydrogen-bond acceptors (Lipinski definition) is 5. The van der Waals surface area contributed by atoms with Crippen molar-refractivity contribution in [1.29, 1.82) is 0 Å². The maximum absolute atomic E-state index is 6.15. The minimum Gasteiger partial charge on any atom is -0.486 e. The fourth-order valence-electron chi connectivity index (χ4n) is 3.46. The Labute approximate surface area is 134 Å². The summed E-state index contributed by atoms with van der Waals surface area (Å²) < 4.78 is 12.2. The van der Waals surface area contributed by atoms with Crippen LogP contribution in [0.3, 0.4) is 0 Å².